The molecule has 120 valence electrons. The lowest BCUT2D eigenvalue weighted by Crippen LogP contribution is -2.58. The molecule has 0 saturated carbocycles. The van der Waals surface area contributed by atoms with Gasteiger partial charge >= 0.3 is 0 Å². The Labute approximate surface area is 131 Å². The highest BCUT2D eigenvalue weighted by Crippen LogP contribution is 2.42. The zero-order valence-electron chi connectivity index (χ0n) is 13.3. The molecule has 2 heterocycles. The van der Waals surface area contributed by atoms with Gasteiger partial charge < -0.3 is 19.1 Å². The molecule has 0 aliphatic carbocycles. The molecule has 1 spiro atoms. The molecule has 3 rings (SSSR count). The monoisotopic (exact) mass is 305 g/mol. The van der Waals surface area contributed by atoms with E-state index < -0.39 is 5.60 Å². The van der Waals surface area contributed by atoms with Crippen molar-refractivity contribution in [3.63, 3.8) is 0 Å². The summed E-state index contributed by atoms with van der Waals surface area (Å²) in [6, 6.07) is 6.01. The Hall–Kier alpha value is -1.59. The van der Waals surface area contributed by atoms with E-state index in [2.05, 4.69) is 0 Å². The number of anilines is 1. The van der Waals surface area contributed by atoms with Crippen molar-refractivity contribution in [3.8, 4) is 5.75 Å². The lowest BCUT2D eigenvalue weighted by atomic mass is 9.90. The fraction of sp³-hybridized carbons (Fsp3) is 0.588. The van der Waals surface area contributed by atoms with E-state index in [-0.39, 0.29) is 5.91 Å². The van der Waals surface area contributed by atoms with Crippen molar-refractivity contribution >= 4 is 11.6 Å². The summed E-state index contributed by atoms with van der Waals surface area (Å²) in [4.78, 5) is 14.9. The van der Waals surface area contributed by atoms with Gasteiger partial charge in [-0.2, -0.15) is 0 Å². The van der Waals surface area contributed by atoms with Crippen LogP contribution in [-0.2, 0) is 14.3 Å². The maximum Gasteiger partial charge on any atom is 0.271 e. The number of carbonyl (C=O) groups is 1. The van der Waals surface area contributed by atoms with E-state index in [1.165, 1.54) is 0 Å². The lowest BCUT2D eigenvalue weighted by Gasteiger charge is -2.44. The predicted octanol–water partition coefficient (Wildman–Crippen LogP) is 2.31. The zero-order chi connectivity index (χ0) is 15.6. The van der Waals surface area contributed by atoms with Crippen LogP contribution in [0.4, 0.5) is 5.69 Å². The number of amides is 1. The maximum absolute atomic E-state index is 13.1. The number of carbonyl (C=O) groups excluding carboxylic acids is 1. The minimum absolute atomic E-state index is 0.0602. The second kappa shape index (κ2) is 6.26. The number of ether oxygens (including phenoxy) is 3. The molecule has 2 aliphatic rings. The molecule has 0 unspecified atom stereocenters. The van der Waals surface area contributed by atoms with Crippen molar-refractivity contribution in [2.75, 3.05) is 38.4 Å². The second-order valence-electron chi connectivity index (χ2n) is 5.98. The van der Waals surface area contributed by atoms with Gasteiger partial charge in [-0.1, -0.05) is 6.07 Å². The highest BCUT2D eigenvalue weighted by atomic mass is 16.5. The molecule has 1 amide bonds. The van der Waals surface area contributed by atoms with Crippen LogP contribution < -0.4 is 9.64 Å². The summed E-state index contributed by atoms with van der Waals surface area (Å²) < 4.78 is 16.7. The first-order chi connectivity index (χ1) is 10.7. The Bertz CT molecular complexity index is 552. The zero-order valence-corrected chi connectivity index (χ0v) is 13.3. The van der Waals surface area contributed by atoms with Crippen LogP contribution in [0.2, 0.25) is 0 Å². The molecule has 1 aromatic carbocycles. The number of benzene rings is 1. The van der Waals surface area contributed by atoms with Crippen LogP contribution >= 0.6 is 0 Å². The summed E-state index contributed by atoms with van der Waals surface area (Å²) in [6.07, 6.45) is 2.03. The van der Waals surface area contributed by atoms with Crippen molar-refractivity contribution in [2.45, 2.75) is 31.8 Å². The third kappa shape index (κ3) is 2.71. The summed E-state index contributed by atoms with van der Waals surface area (Å²) in [5.41, 5.74) is 1.24. The molecule has 0 atom stereocenters. The molecule has 1 fully saturated rings. The number of aryl methyl sites for hydroxylation is 1. The maximum atomic E-state index is 13.1. The molecule has 2 aliphatic heterocycles. The number of nitrogens with zero attached hydrogens (tertiary/aromatic N) is 1. The van der Waals surface area contributed by atoms with E-state index in [1.54, 1.807) is 7.11 Å². The van der Waals surface area contributed by atoms with Gasteiger partial charge in [-0.25, -0.2) is 0 Å². The van der Waals surface area contributed by atoms with Gasteiger partial charge in [0.15, 0.2) is 5.60 Å². The first-order valence-corrected chi connectivity index (χ1v) is 7.85. The fourth-order valence-electron chi connectivity index (χ4n) is 3.14. The third-order valence-electron chi connectivity index (χ3n) is 4.38. The van der Waals surface area contributed by atoms with E-state index in [0.717, 1.165) is 23.4 Å². The summed E-state index contributed by atoms with van der Waals surface area (Å²) >= 11 is 0. The van der Waals surface area contributed by atoms with Gasteiger partial charge in [0.2, 0.25) is 0 Å². The van der Waals surface area contributed by atoms with Crippen LogP contribution in [-0.4, -0.2) is 45.0 Å². The lowest BCUT2D eigenvalue weighted by molar-refractivity contribution is -0.144. The molecule has 5 heteroatoms. The second-order valence-corrected chi connectivity index (χ2v) is 5.98. The average Bonchev–Trinajstić information content (AvgIpc) is 2.53. The van der Waals surface area contributed by atoms with Gasteiger partial charge in [0.05, 0.1) is 18.9 Å². The molecule has 0 N–H and O–H groups in total. The van der Waals surface area contributed by atoms with Gasteiger partial charge in [-0.3, -0.25) is 4.79 Å². The largest absolute Gasteiger partial charge is 0.475 e. The number of rotatable bonds is 4. The van der Waals surface area contributed by atoms with Crippen molar-refractivity contribution < 1.29 is 19.0 Å². The van der Waals surface area contributed by atoms with Gasteiger partial charge in [0.25, 0.3) is 5.91 Å². The van der Waals surface area contributed by atoms with E-state index in [9.17, 15) is 4.79 Å². The van der Waals surface area contributed by atoms with Crippen molar-refractivity contribution in [3.05, 3.63) is 23.8 Å². The quantitative estimate of drug-likeness (QED) is 0.801. The minimum atomic E-state index is -0.756. The number of fused-ring (bicyclic) bond motifs is 1. The minimum Gasteiger partial charge on any atom is -0.475 e. The van der Waals surface area contributed by atoms with Crippen molar-refractivity contribution in [1.82, 2.24) is 0 Å². The molecule has 0 aromatic heterocycles. The molecule has 1 aromatic rings. The van der Waals surface area contributed by atoms with Crippen LogP contribution in [0.1, 0.15) is 24.8 Å². The number of methoxy groups -OCH3 is 1. The number of hydrogen-bond donors (Lipinski definition) is 0. The molecular formula is C17H23NO4. The smallest absolute Gasteiger partial charge is 0.271 e. The fourth-order valence-corrected chi connectivity index (χ4v) is 3.14. The first-order valence-electron chi connectivity index (χ1n) is 7.85. The Morgan fingerprint density at radius 1 is 1.32 bits per heavy atom. The average molecular weight is 305 g/mol. The predicted molar refractivity (Wildman–Crippen MR) is 83.4 cm³/mol. The molecule has 0 radical (unpaired) electrons. The molecule has 5 nitrogen and oxygen atoms in total. The summed E-state index contributed by atoms with van der Waals surface area (Å²) in [7, 11) is 1.68. The van der Waals surface area contributed by atoms with Crippen LogP contribution in [0.5, 0.6) is 5.75 Å². The van der Waals surface area contributed by atoms with Crippen molar-refractivity contribution in [2.24, 2.45) is 0 Å². The molecule has 1 saturated heterocycles. The molecule has 22 heavy (non-hydrogen) atoms. The van der Waals surface area contributed by atoms with E-state index in [0.29, 0.717) is 39.2 Å². The van der Waals surface area contributed by atoms with Gasteiger partial charge in [-0.15, -0.1) is 0 Å². The molecular weight excluding hydrogens is 282 g/mol. The normalized spacial score (nSPS) is 19.9. The van der Waals surface area contributed by atoms with Crippen LogP contribution in [0.15, 0.2) is 18.2 Å². The molecule has 0 bridgehead atoms. The van der Waals surface area contributed by atoms with E-state index >= 15 is 0 Å². The highest BCUT2D eigenvalue weighted by Gasteiger charge is 2.49. The Kier molecular flexibility index (Phi) is 4.36. The highest BCUT2D eigenvalue weighted by molar-refractivity contribution is 6.03. The van der Waals surface area contributed by atoms with Crippen LogP contribution in [0, 0.1) is 6.92 Å². The van der Waals surface area contributed by atoms with Crippen LogP contribution in [0.3, 0.4) is 0 Å². The third-order valence-corrected chi connectivity index (χ3v) is 4.38. The standard InChI is InChI=1S/C17H23NO4/c1-13-4-5-15-14(12-13)18(8-3-9-20-2)16(19)17(22-15)6-10-21-11-7-17/h4-5,12H,3,6-11H2,1-2H3. The summed E-state index contributed by atoms with van der Waals surface area (Å²) in [5, 5.41) is 0. The summed E-state index contributed by atoms with van der Waals surface area (Å²) in [6.45, 7) is 4.45. The Morgan fingerprint density at radius 3 is 2.82 bits per heavy atom. The van der Waals surface area contributed by atoms with E-state index in [4.69, 9.17) is 14.2 Å². The Balaban J connectivity index is 1.94. The van der Waals surface area contributed by atoms with Gasteiger partial charge in [0.1, 0.15) is 5.75 Å². The van der Waals surface area contributed by atoms with Crippen molar-refractivity contribution in [1.29, 1.82) is 0 Å². The number of hydrogen-bond acceptors (Lipinski definition) is 4. The summed E-state index contributed by atoms with van der Waals surface area (Å²) in [5.74, 6) is 0.856. The topological polar surface area (TPSA) is 48.0 Å². The Morgan fingerprint density at radius 2 is 2.09 bits per heavy atom. The van der Waals surface area contributed by atoms with Crippen LogP contribution in [0.25, 0.3) is 0 Å². The SMILES string of the molecule is COCCCN1C(=O)C2(CCOCC2)Oc2ccc(C)cc21. The van der Waals surface area contributed by atoms with Gasteiger partial charge in [0, 0.05) is 33.1 Å². The first kappa shape index (κ1) is 15.3. The van der Waals surface area contributed by atoms with E-state index in [1.807, 2.05) is 30.0 Å². The van der Waals surface area contributed by atoms with Gasteiger partial charge in [-0.05, 0) is 31.0 Å².